The minimum atomic E-state index is 0.311. The predicted octanol–water partition coefficient (Wildman–Crippen LogP) is 3.02. The van der Waals surface area contributed by atoms with E-state index in [1.165, 1.54) is 14.8 Å². The van der Waals surface area contributed by atoms with Crippen LogP contribution in [-0.4, -0.2) is 13.6 Å². The van der Waals surface area contributed by atoms with Gasteiger partial charge in [-0.2, -0.15) is 0 Å². The number of benzene rings is 1. The van der Waals surface area contributed by atoms with Gasteiger partial charge >= 0.3 is 0 Å². The lowest BCUT2D eigenvalue weighted by molar-refractivity contribution is 0.563. The van der Waals surface area contributed by atoms with E-state index in [2.05, 4.69) is 66.6 Å². The van der Waals surface area contributed by atoms with E-state index in [4.69, 9.17) is 0 Å². The zero-order valence-corrected chi connectivity index (χ0v) is 10.4. The molecule has 0 amide bonds. The van der Waals surface area contributed by atoms with Gasteiger partial charge in [-0.05, 0) is 34.2 Å². The highest BCUT2D eigenvalue weighted by molar-refractivity contribution is 14.1. The number of hydrogen-bond donors (Lipinski definition) is 0. The summed E-state index contributed by atoms with van der Waals surface area (Å²) in [4.78, 5) is 2.36. The Balaban J connectivity index is 2.65. The maximum Gasteiger partial charge on any atom is 0.0538 e. The molecule has 1 aliphatic heterocycles. The number of nitrogens with zero attached hydrogens (tertiary/aromatic N) is 1. The molecule has 1 aliphatic rings. The number of anilines is 1. The molecule has 0 saturated carbocycles. The van der Waals surface area contributed by atoms with Gasteiger partial charge in [-0.25, -0.2) is 0 Å². The third-order valence-corrected chi connectivity index (χ3v) is 3.60. The number of likely N-dealkylation sites (N-methyl/N-ethyl adjacent to an activating group) is 1. The maximum absolute atomic E-state index is 2.42. The van der Waals surface area contributed by atoms with E-state index < -0.39 is 0 Å². The summed E-state index contributed by atoms with van der Waals surface area (Å²) < 4.78 is 1.36. The molecule has 0 unspecified atom stereocenters. The van der Waals surface area contributed by atoms with E-state index in [0.29, 0.717) is 5.41 Å². The van der Waals surface area contributed by atoms with Crippen LogP contribution >= 0.6 is 22.6 Å². The molecule has 2 heteroatoms. The molecule has 0 fully saturated rings. The standard InChI is InChI=1S/C11H14IN/c1-11(2)7-13(3)10-8(11)5-4-6-9(10)12/h4-6H,7H2,1-3H3. The van der Waals surface area contributed by atoms with Crippen LogP contribution < -0.4 is 4.90 Å². The van der Waals surface area contributed by atoms with Crippen LogP contribution in [0.1, 0.15) is 19.4 Å². The zero-order chi connectivity index (χ0) is 9.64. The molecule has 2 rings (SSSR count). The molecule has 0 N–H and O–H groups in total. The highest BCUT2D eigenvalue weighted by atomic mass is 127. The molecule has 1 nitrogen and oxygen atoms in total. The summed E-state index contributed by atoms with van der Waals surface area (Å²) in [5.74, 6) is 0. The molecule has 1 aromatic carbocycles. The molecule has 0 atom stereocenters. The fourth-order valence-corrected chi connectivity index (χ4v) is 3.12. The van der Waals surface area contributed by atoms with Crippen molar-refractivity contribution in [2.24, 2.45) is 0 Å². The summed E-state index contributed by atoms with van der Waals surface area (Å²) in [6.07, 6.45) is 0. The van der Waals surface area contributed by atoms with Crippen LogP contribution in [0.5, 0.6) is 0 Å². The molecule has 0 bridgehead atoms. The number of rotatable bonds is 0. The molecule has 0 spiro atoms. The van der Waals surface area contributed by atoms with E-state index in [1.54, 1.807) is 0 Å². The lowest BCUT2D eigenvalue weighted by atomic mass is 9.87. The van der Waals surface area contributed by atoms with Crippen molar-refractivity contribution in [2.45, 2.75) is 19.3 Å². The summed E-state index contributed by atoms with van der Waals surface area (Å²) in [5, 5.41) is 0. The lowest BCUT2D eigenvalue weighted by Gasteiger charge is -2.18. The van der Waals surface area contributed by atoms with Gasteiger partial charge in [-0.1, -0.05) is 26.0 Å². The van der Waals surface area contributed by atoms with E-state index in [9.17, 15) is 0 Å². The van der Waals surface area contributed by atoms with Gasteiger partial charge < -0.3 is 4.90 Å². The van der Waals surface area contributed by atoms with Gasteiger partial charge in [0.25, 0.3) is 0 Å². The quantitative estimate of drug-likeness (QED) is 0.663. The molecule has 0 radical (unpaired) electrons. The molecule has 0 aliphatic carbocycles. The summed E-state index contributed by atoms with van der Waals surface area (Å²) >= 11 is 2.42. The Morgan fingerprint density at radius 3 is 2.69 bits per heavy atom. The SMILES string of the molecule is CN1CC(C)(C)c2cccc(I)c21. The highest BCUT2D eigenvalue weighted by Crippen LogP contribution is 2.41. The van der Waals surface area contributed by atoms with Crippen LogP contribution in [0.3, 0.4) is 0 Å². The van der Waals surface area contributed by atoms with Crippen molar-refractivity contribution >= 4 is 28.3 Å². The van der Waals surface area contributed by atoms with Gasteiger partial charge in [0.05, 0.1) is 5.69 Å². The van der Waals surface area contributed by atoms with Crippen LogP contribution in [0.25, 0.3) is 0 Å². The molecular formula is C11H14IN. The Morgan fingerprint density at radius 2 is 2.08 bits per heavy atom. The topological polar surface area (TPSA) is 3.24 Å². The molecule has 1 heterocycles. The summed E-state index contributed by atoms with van der Waals surface area (Å²) in [6.45, 7) is 5.75. The van der Waals surface area contributed by atoms with Crippen molar-refractivity contribution in [2.75, 3.05) is 18.5 Å². The fraction of sp³-hybridized carbons (Fsp3) is 0.455. The summed E-state index contributed by atoms with van der Waals surface area (Å²) in [5.41, 5.74) is 3.22. The van der Waals surface area contributed by atoms with E-state index in [0.717, 1.165) is 6.54 Å². The van der Waals surface area contributed by atoms with Gasteiger partial charge in [0.1, 0.15) is 0 Å². The van der Waals surface area contributed by atoms with Crippen LogP contribution in [0.15, 0.2) is 18.2 Å². The molecule has 70 valence electrons. The second kappa shape index (κ2) is 2.87. The average molecular weight is 287 g/mol. The van der Waals surface area contributed by atoms with Crippen molar-refractivity contribution in [1.82, 2.24) is 0 Å². The second-order valence-electron chi connectivity index (χ2n) is 4.38. The second-order valence-corrected chi connectivity index (χ2v) is 5.54. The first kappa shape index (κ1) is 9.31. The Hall–Kier alpha value is -0.250. The van der Waals surface area contributed by atoms with Crippen molar-refractivity contribution in [3.63, 3.8) is 0 Å². The third kappa shape index (κ3) is 1.35. The fourth-order valence-electron chi connectivity index (χ4n) is 2.21. The molecule has 0 saturated heterocycles. The summed E-state index contributed by atoms with van der Waals surface area (Å²) in [7, 11) is 2.18. The van der Waals surface area contributed by atoms with Crippen molar-refractivity contribution in [3.8, 4) is 0 Å². The summed E-state index contributed by atoms with van der Waals surface area (Å²) in [6, 6.07) is 6.58. The first-order valence-corrected chi connectivity index (χ1v) is 5.60. The maximum atomic E-state index is 2.42. The Labute approximate surface area is 93.3 Å². The average Bonchev–Trinajstić information content (AvgIpc) is 2.24. The zero-order valence-electron chi connectivity index (χ0n) is 8.26. The molecule has 1 aromatic rings. The van der Waals surface area contributed by atoms with Gasteiger partial charge in [0.15, 0.2) is 0 Å². The number of para-hydroxylation sites is 1. The number of halogens is 1. The predicted molar refractivity (Wildman–Crippen MR) is 65.5 cm³/mol. The van der Waals surface area contributed by atoms with Gasteiger partial charge in [0.2, 0.25) is 0 Å². The number of hydrogen-bond acceptors (Lipinski definition) is 1. The largest absolute Gasteiger partial charge is 0.373 e. The normalized spacial score (nSPS) is 18.9. The Morgan fingerprint density at radius 1 is 1.38 bits per heavy atom. The molecule has 0 aromatic heterocycles. The van der Waals surface area contributed by atoms with Crippen molar-refractivity contribution in [3.05, 3.63) is 27.3 Å². The first-order valence-electron chi connectivity index (χ1n) is 4.52. The third-order valence-electron chi connectivity index (χ3n) is 2.73. The minimum absolute atomic E-state index is 0.311. The van der Waals surface area contributed by atoms with E-state index in [1.807, 2.05) is 0 Å². The van der Waals surface area contributed by atoms with Crippen molar-refractivity contribution in [1.29, 1.82) is 0 Å². The Bertz CT molecular complexity index is 344. The van der Waals surface area contributed by atoms with Crippen LogP contribution in [0, 0.1) is 3.57 Å². The monoisotopic (exact) mass is 287 g/mol. The highest BCUT2D eigenvalue weighted by Gasteiger charge is 2.33. The van der Waals surface area contributed by atoms with Crippen molar-refractivity contribution < 1.29 is 0 Å². The molecule has 13 heavy (non-hydrogen) atoms. The molecular weight excluding hydrogens is 273 g/mol. The van der Waals surface area contributed by atoms with E-state index in [-0.39, 0.29) is 0 Å². The van der Waals surface area contributed by atoms with Crippen LogP contribution in [-0.2, 0) is 5.41 Å². The van der Waals surface area contributed by atoms with Gasteiger partial charge in [-0.3, -0.25) is 0 Å². The Kier molecular flexibility index (Phi) is 2.06. The van der Waals surface area contributed by atoms with E-state index >= 15 is 0 Å². The number of fused-ring (bicyclic) bond motifs is 1. The first-order chi connectivity index (χ1) is 6.02. The van der Waals surface area contributed by atoms with Gasteiger partial charge in [-0.15, -0.1) is 0 Å². The lowest BCUT2D eigenvalue weighted by Crippen LogP contribution is -2.25. The van der Waals surface area contributed by atoms with Gasteiger partial charge in [0, 0.05) is 22.6 Å². The minimum Gasteiger partial charge on any atom is -0.373 e. The van der Waals surface area contributed by atoms with Crippen LogP contribution in [0.2, 0.25) is 0 Å². The van der Waals surface area contributed by atoms with Crippen LogP contribution in [0.4, 0.5) is 5.69 Å². The smallest absolute Gasteiger partial charge is 0.0538 e.